The first-order valence-electron chi connectivity index (χ1n) is 7.25. The smallest absolute Gasteiger partial charge is 0.198 e. The number of aliphatic imine (C=N–C) groups is 1. The fraction of sp³-hybridized carbons (Fsp3) is 0.375. The third-order valence-electron chi connectivity index (χ3n) is 3.69. The molecule has 1 aliphatic rings. The minimum atomic E-state index is 0.856. The highest BCUT2D eigenvalue weighted by Gasteiger charge is 2.22. The van der Waals surface area contributed by atoms with Crippen LogP contribution in [0.5, 0.6) is 0 Å². The van der Waals surface area contributed by atoms with Gasteiger partial charge in [0.15, 0.2) is 5.96 Å². The second kappa shape index (κ2) is 6.26. The molecule has 0 saturated heterocycles. The second-order valence-electron chi connectivity index (χ2n) is 5.11. The molecule has 1 N–H and O–H groups in total. The van der Waals surface area contributed by atoms with Gasteiger partial charge in [-0.2, -0.15) is 0 Å². The number of thiazole rings is 1. The van der Waals surface area contributed by atoms with Crippen molar-refractivity contribution in [1.29, 1.82) is 0 Å². The van der Waals surface area contributed by atoms with Crippen molar-refractivity contribution in [3.63, 3.8) is 0 Å². The van der Waals surface area contributed by atoms with Crippen molar-refractivity contribution in [3.05, 3.63) is 45.9 Å². The lowest BCUT2D eigenvalue weighted by molar-refractivity contribution is 0.821. The average Bonchev–Trinajstić information content (AvgIpc) is 3.10. The van der Waals surface area contributed by atoms with Crippen LogP contribution in [0.4, 0.5) is 5.69 Å². The van der Waals surface area contributed by atoms with E-state index in [4.69, 9.17) is 0 Å². The zero-order chi connectivity index (χ0) is 14.7. The van der Waals surface area contributed by atoms with Gasteiger partial charge in [0.2, 0.25) is 0 Å². The lowest BCUT2D eigenvalue weighted by atomic mass is 10.2. The Morgan fingerprint density at radius 2 is 2.29 bits per heavy atom. The lowest BCUT2D eigenvalue weighted by Crippen LogP contribution is -2.41. The number of anilines is 1. The van der Waals surface area contributed by atoms with Gasteiger partial charge in [-0.25, -0.2) is 4.98 Å². The van der Waals surface area contributed by atoms with E-state index in [1.54, 1.807) is 11.3 Å². The summed E-state index contributed by atoms with van der Waals surface area (Å²) in [4.78, 5) is 11.2. The van der Waals surface area contributed by atoms with E-state index in [0.717, 1.165) is 42.6 Å². The number of nitrogens with zero attached hydrogens (tertiary/aromatic N) is 3. The molecule has 0 fully saturated rings. The normalized spacial score (nSPS) is 14.4. The summed E-state index contributed by atoms with van der Waals surface area (Å²) in [5, 5.41) is 6.71. The predicted octanol–water partition coefficient (Wildman–Crippen LogP) is 2.63. The highest BCUT2D eigenvalue weighted by atomic mass is 32.1. The van der Waals surface area contributed by atoms with Crippen LogP contribution >= 0.6 is 11.3 Å². The molecule has 0 aliphatic carbocycles. The van der Waals surface area contributed by atoms with Crippen molar-refractivity contribution in [1.82, 2.24) is 10.3 Å². The van der Waals surface area contributed by atoms with Crippen LogP contribution in [-0.2, 0) is 12.8 Å². The SMILES string of the molecule is CN=C(NCCc1csc(C)n1)N1CCc2ccccc21. The lowest BCUT2D eigenvalue weighted by Gasteiger charge is -2.22. The monoisotopic (exact) mass is 300 g/mol. The molecule has 5 heteroatoms. The number of para-hydroxylation sites is 1. The zero-order valence-corrected chi connectivity index (χ0v) is 13.3. The number of fused-ring (bicyclic) bond motifs is 1. The number of aromatic nitrogens is 1. The molecule has 1 aromatic heterocycles. The fourth-order valence-electron chi connectivity index (χ4n) is 2.68. The van der Waals surface area contributed by atoms with E-state index in [1.807, 2.05) is 14.0 Å². The standard InChI is InChI=1S/C16H20N4S/c1-12-19-14(11-21-12)7-9-18-16(17-2)20-10-8-13-5-3-4-6-15(13)20/h3-6,11H,7-10H2,1-2H3,(H,17,18). The molecule has 0 spiro atoms. The summed E-state index contributed by atoms with van der Waals surface area (Å²) >= 11 is 1.71. The van der Waals surface area contributed by atoms with Crippen molar-refractivity contribution in [2.45, 2.75) is 19.8 Å². The number of hydrogen-bond donors (Lipinski definition) is 1. The van der Waals surface area contributed by atoms with Crippen LogP contribution in [0, 0.1) is 6.92 Å². The fourth-order valence-corrected chi connectivity index (χ4v) is 3.33. The van der Waals surface area contributed by atoms with Gasteiger partial charge in [-0.15, -0.1) is 11.3 Å². The van der Waals surface area contributed by atoms with E-state index < -0.39 is 0 Å². The Morgan fingerprint density at radius 1 is 1.43 bits per heavy atom. The molecule has 1 aromatic carbocycles. The molecule has 0 atom stereocenters. The highest BCUT2D eigenvalue weighted by molar-refractivity contribution is 7.09. The van der Waals surface area contributed by atoms with Crippen LogP contribution in [-0.4, -0.2) is 31.1 Å². The summed E-state index contributed by atoms with van der Waals surface area (Å²) in [5.74, 6) is 0.951. The van der Waals surface area contributed by atoms with Gasteiger partial charge in [0.25, 0.3) is 0 Å². The molecule has 0 bridgehead atoms. The van der Waals surface area contributed by atoms with Gasteiger partial charge in [-0.1, -0.05) is 18.2 Å². The van der Waals surface area contributed by atoms with Crippen molar-refractivity contribution in [2.75, 3.05) is 25.0 Å². The van der Waals surface area contributed by atoms with E-state index in [9.17, 15) is 0 Å². The summed E-state index contributed by atoms with van der Waals surface area (Å²) in [5.41, 5.74) is 3.83. The first-order chi connectivity index (χ1) is 10.3. The molecule has 3 rings (SSSR count). The summed E-state index contributed by atoms with van der Waals surface area (Å²) in [6.07, 6.45) is 2.01. The van der Waals surface area contributed by atoms with Crippen molar-refractivity contribution in [2.24, 2.45) is 4.99 Å². The Kier molecular flexibility index (Phi) is 4.20. The maximum Gasteiger partial charge on any atom is 0.198 e. The van der Waals surface area contributed by atoms with Crippen LogP contribution in [0.25, 0.3) is 0 Å². The molecule has 110 valence electrons. The van der Waals surface area contributed by atoms with Gasteiger partial charge in [0.1, 0.15) is 0 Å². The first-order valence-corrected chi connectivity index (χ1v) is 8.13. The quantitative estimate of drug-likeness (QED) is 0.700. The molecule has 4 nitrogen and oxygen atoms in total. The summed E-state index contributed by atoms with van der Waals surface area (Å²) in [6, 6.07) is 8.55. The molecule has 0 radical (unpaired) electrons. The minimum absolute atomic E-state index is 0.856. The van der Waals surface area contributed by atoms with Crippen LogP contribution in [0.15, 0.2) is 34.6 Å². The topological polar surface area (TPSA) is 40.5 Å². The minimum Gasteiger partial charge on any atom is -0.356 e. The first kappa shape index (κ1) is 14.1. The largest absolute Gasteiger partial charge is 0.356 e. The van der Waals surface area contributed by atoms with E-state index in [-0.39, 0.29) is 0 Å². The Morgan fingerprint density at radius 3 is 3.05 bits per heavy atom. The van der Waals surface area contributed by atoms with Crippen LogP contribution in [0.1, 0.15) is 16.3 Å². The summed E-state index contributed by atoms with van der Waals surface area (Å²) < 4.78 is 0. The number of rotatable bonds is 3. The Hall–Kier alpha value is -1.88. The van der Waals surface area contributed by atoms with E-state index in [0.29, 0.717) is 0 Å². The molecule has 2 heterocycles. The van der Waals surface area contributed by atoms with E-state index in [2.05, 4.69) is 49.8 Å². The van der Waals surface area contributed by atoms with E-state index >= 15 is 0 Å². The average molecular weight is 300 g/mol. The van der Waals surface area contributed by atoms with Crippen LogP contribution < -0.4 is 10.2 Å². The number of aryl methyl sites for hydroxylation is 1. The van der Waals surface area contributed by atoms with Crippen molar-refractivity contribution in [3.8, 4) is 0 Å². The predicted molar refractivity (Wildman–Crippen MR) is 89.4 cm³/mol. The van der Waals surface area contributed by atoms with Gasteiger partial charge in [-0.3, -0.25) is 4.99 Å². The third-order valence-corrected chi connectivity index (χ3v) is 4.51. The van der Waals surface area contributed by atoms with E-state index in [1.165, 1.54) is 11.3 Å². The van der Waals surface area contributed by atoms with Gasteiger partial charge in [0, 0.05) is 37.6 Å². The van der Waals surface area contributed by atoms with Gasteiger partial charge < -0.3 is 10.2 Å². The Bertz CT molecular complexity index is 647. The summed E-state index contributed by atoms with van der Waals surface area (Å²) in [7, 11) is 1.84. The molecule has 0 saturated carbocycles. The van der Waals surface area contributed by atoms with Crippen molar-refractivity contribution >= 4 is 23.0 Å². The maximum atomic E-state index is 4.49. The molecule has 0 amide bonds. The molecule has 2 aromatic rings. The third kappa shape index (κ3) is 3.08. The molecular weight excluding hydrogens is 280 g/mol. The maximum absolute atomic E-state index is 4.49. The van der Waals surface area contributed by atoms with Gasteiger partial charge >= 0.3 is 0 Å². The number of nitrogens with one attached hydrogen (secondary N) is 1. The summed E-state index contributed by atoms with van der Waals surface area (Å²) in [6.45, 7) is 3.89. The highest BCUT2D eigenvalue weighted by Crippen LogP contribution is 2.27. The zero-order valence-electron chi connectivity index (χ0n) is 12.5. The Balaban J connectivity index is 1.62. The number of hydrogen-bond acceptors (Lipinski definition) is 3. The molecule has 0 unspecified atom stereocenters. The number of benzene rings is 1. The molecular formula is C16H20N4S. The second-order valence-corrected chi connectivity index (χ2v) is 6.17. The van der Waals surface area contributed by atoms with Crippen LogP contribution in [0.3, 0.4) is 0 Å². The molecule has 1 aliphatic heterocycles. The molecule has 21 heavy (non-hydrogen) atoms. The number of guanidine groups is 1. The van der Waals surface area contributed by atoms with Crippen LogP contribution in [0.2, 0.25) is 0 Å². The van der Waals surface area contributed by atoms with Gasteiger partial charge in [-0.05, 0) is 25.0 Å². The Labute approximate surface area is 129 Å². The van der Waals surface area contributed by atoms with Crippen molar-refractivity contribution < 1.29 is 0 Å². The van der Waals surface area contributed by atoms with Gasteiger partial charge in [0.05, 0.1) is 10.7 Å².